The Hall–Kier alpha value is -1.78. The molecule has 0 N–H and O–H groups in total. The van der Waals surface area contributed by atoms with Crippen LogP contribution >= 0.6 is 23.2 Å². The third kappa shape index (κ3) is 2.45. The van der Waals surface area contributed by atoms with Gasteiger partial charge in [-0.2, -0.15) is 5.10 Å². The van der Waals surface area contributed by atoms with E-state index in [1.807, 2.05) is 26.1 Å². The Labute approximate surface area is 132 Å². The molecule has 0 bridgehead atoms. The van der Waals surface area contributed by atoms with E-state index >= 15 is 0 Å². The summed E-state index contributed by atoms with van der Waals surface area (Å²) >= 11 is 12.2. The van der Waals surface area contributed by atoms with E-state index in [0.29, 0.717) is 28.0 Å². The largest absolute Gasteiger partial charge is 0.437 e. The molecule has 3 rings (SSSR count). The molecule has 6 heteroatoms. The van der Waals surface area contributed by atoms with Gasteiger partial charge < -0.3 is 4.74 Å². The highest BCUT2D eigenvalue weighted by Crippen LogP contribution is 2.34. The minimum absolute atomic E-state index is 0.341. The Morgan fingerprint density at radius 2 is 2.10 bits per heavy atom. The van der Waals surface area contributed by atoms with Gasteiger partial charge in [0.25, 0.3) is 0 Å². The van der Waals surface area contributed by atoms with Crippen LogP contribution in [-0.2, 0) is 12.9 Å². The number of aromatic nitrogens is 3. The predicted octanol–water partition coefficient (Wildman–Crippen LogP) is 4.46. The molecule has 0 aliphatic heterocycles. The normalized spacial score (nSPS) is 11.0. The lowest BCUT2D eigenvalue weighted by atomic mass is 10.2. The molecule has 21 heavy (non-hydrogen) atoms. The molecule has 2 aromatic heterocycles. The lowest BCUT2D eigenvalue weighted by Gasteiger charge is -2.10. The Balaban J connectivity index is 2.13. The fourth-order valence-corrected chi connectivity index (χ4v) is 2.78. The standard InChI is InChI=1S/C15H13Cl2N3O/c1-9-11(8-16)15(20(2)19-9)21-13-6-5-12(17)10-4-3-7-18-14(10)13/h3-7H,8H2,1-2H3. The molecule has 0 saturated carbocycles. The van der Waals surface area contributed by atoms with Crippen LogP contribution in [0.5, 0.6) is 11.6 Å². The predicted molar refractivity (Wildman–Crippen MR) is 84.3 cm³/mol. The number of fused-ring (bicyclic) bond motifs is 1. The zero-order valence-corrected chi connectivity index (χ0v) is 13.1. The van der Waals surface area contributed by atoms with Gasteiger partial charge in [-0.05, 0) is 31.2 Å². The Kier molecular flexibility index (Phi) is 3.74. The van der Waals surface area contributed by atoms with Crippen molar-refractivity contribution in [3.05, 3.63) is 46.7 Å². The molecule has 4 nitrogen and oxygen atoms in total. The van der Waals surface area contributed by atoms with Gasteiger partial charge in [0.15, 0.2) is 5.75 Å². The van der Waals surface area contributed by atoms with Crippen LogP contribution < -0.4 is 4.74 Å². The molecule has 0 radical (unpaired) electrons. The van der Waals surface area contributed by atoms with Crippen LogP contribution in [0.1, 0.15) is 11.3 Å². The van der Waals surface area contributed by atoms with Gasteiger partial charge >= 0.3 is 0 Å². The number of aryl methyl sites for hydroxylation is 2. The number of hydrogen-bond donors (Lipinski definition) is 0. The summed E-state index contributed by atoms with van der Waals surface area (Å²) in [7, 11) is 1.82. The molecular weight excluding hydrogens is 309 g/mol. The summed E-state index contributed by atoms with van der Waals surface area (Å²) in [5, 5.41) is 5.83. The van der Waals surface area contributed by atoms with E-state index in [2.05, 4.69) is 10.1 Å². The first-order valence-electron chi connectivity index (χ1n) is 6.41. The maximum Gasteiger partial charge on any atom is 0.222 e. The maximum absolute atomic E-state index is 6.19. The lowest BCUT2D eigenvalue weighted by Crippen LogP contribution is -1.97. The number of halogens is 2. The Bertz CT molecular complexity index is 814. The fourth-order valence-electron chi connectivity index (χ4n) is 2.26. The third-order valence-corrected chi connectivity index (χ3v) is 3.91. The van der Waals surface area contributed by atoms with Gasteiger partial charge in [-0.1, -0.05) is 11.6 Å². The maximum atomic E-state index is 6.19. The second-order valence-corrected chi connectivity index (χ2v) is 5.35. The van der Waals surface area contributed by atoms with Crippen LogP contribution in [0.15, 0.2) is 30.5 Å². The molecule has 0 saturated heterocycles. The number of alkyl halides is 1. The second kappa shape index (κ2) is 5.54. The first kappa shape index (κ1) is 14.2. The van der Waals surface area contributed by atoms with Gasteiger partial charge in [-0.3, -0.25) is 4.98 Å². The van der Waals surface area contributed by atoms with E-state index in [1.54, 1.807) is 23.0 Å². The van der Waals surface area contributed by atoms with Crippen LogP contribution in [0.2, 0.25) is 5.02 Å². The van der Waals surface area contributed by atoms with E-state index in [1.165, 1.54) is 0 Å². The Morgan fingerprint density at radius 3 is 2.86 bits per heavy atom. The first-order chi connectivity index (χ1) is 10.1. The van der Waals surface area contributed by atoms with E-state index in [4.69, 9.17) is 27.9 Å². The summed E-state index contributed by atoms with van der Waals surface area (Å²) in [5.41, 5.74) is 2.44. The van der Waals surface area contributed by atoms with Crippen LogP contribution in [0.25, 0.3) is 10.9 Å². The minimum atomic E-state index is 0.341. The molecule has 0 unspecified atom stereocenters. The zero-order valence-electron chi connectivity index (χ0n) is 11.6. The number of hydrogen-bond acceptors (Lipinski definition) is 3. The molecule has 0 aliphatic rings. The monoisotopic (exact) mass is 321 g/mol. The highest BCUT2D eigenvalue weighted by molar-refractivity contribution is 6.35. The van der Waals surface area contributed by atoms with E-state index < -0.39 is 0 Å². The Morgan fingerprint density at radius 1 is 1.29 bits per heavy atom. The minimum Gasteiger partial charge on any atom is -0.437 e. The van der Waals surface area contributed by atoms with E-state index in [9.17, 15) is 0 Å². The third-order valence-electron chi connectivity index (χ3n) is 3.31. The van der Waals surface area contributed by atoms with E-state index in [0.717, 1.165) is 16.6 Å². The summed E-state index contributed by atoms with van der Waals surface area (Å²) < 4.78 is 7.69. The quantitative estimate of drug-likeness (QED) is 0.668. The van der Waals surface area contributed by atoms with Crippen molar-refractivity contribution >= 4 is 34.1 Å². The van der Waals surface area contributed by atoms with Gasteiger partial charge in [-0.15, -0.1) is 11.6 Å². The number of ether oxygens (including phenoxy) is 1. The van der Waals surface area contributed by atoms with Gasteiger partial charge in [-0.25, -0.2) is 4.68 Å². The summed E-state index contributed by atoms with van der Waals surface area (Å²) in [6.45, 7) is 1.91. The second-order valence-electron chi connectivity index (χ2n) is 4.67. The summed E-state index contributed by atoms with van der Waals surface area (Å²) in [5.74, 6) is 1.59. The topological polar surface area (TPSA) is 39.9 Å². The molecule has 0 fully saturated rings. The van der Waals surface area contributed by atoms with Gasteiger partial charge in [0.1, 0.15) is 5.52 Å². The van der Waals surface area contributed by atoms with Crippen molar-refractivity contribution in [3.8, 4) is 11.6 Å². The molecule has 0 amide bonds. The SMILES string of the molecule is Cc1nn(C)c(Oc2ccc(Cl)c3cccnc23)c1CCl. The highest BCUT2D eigenvalue weighted by atomic mass is 35.5. The molecular formula is C15H13Cl2N3O. The zero-order chi connectivity index (χ0) is 15.0. The van der Waals surface area contributed by atoms with Crippen LogP contribution in [0.3, 0.4) is 0 Å². The summed E-state index contributed by atoms with van der Waals surface area (Å²) in [6.07, 6.45) is 1.71. The van der Waals surface area contributed by atoms with Gasteiger partial charge in [0.2, 0.25) is 5.88 Å². The number of rotatable bonds is 3. The lowest BCUT2D eigenvalue weighted by molar-refractivity contribution is 0.431. The smallest absolute Gasteiger partial charge is 0.222 e. The van der Waals surface area contributed by atoms with Crippen LogP contribution in [-0.4, -0.2) is 14.8 Å². The average molecular weight is 322 g/mol. The molecule has 108 valence electrons. The molecule has 0 spiro atoms. The van der Waals surface area contributed by atoms with Crippen molar-refractivity contribution in [2.24, 2.45) is 7.05 Å². The number of benzene rings is 1. The first-order valence-corrected chi connectivity index (χ1v) is 7.32. The highest BCUT2D eigenvalue weighted by Gasteiger charge is 2.16. The molecule has 0 atom stereocenters. The van der Waals surface area contributed by atoms with Crippen molar-refractivity contribution in [1.82, 2.24) is 14.8 Å². The van der Waals surface area contributed by atoms with Crippen molar-refractivity contribution in [2.75, 3.05) is 0 Å². The van der Waals surface area contributed by atoms with E-state index in [-0.39, 0.29) is 0 Å². The molecule has 3 aromatic rings. The fraction of sp³-hybridized carbons (Fsp3) is 0.200. The van der Waals surface area contributed by atoms with Crippen LogP contribution in [0, 0.1) is 6.92 Å². The van der Waals surface area contributed by atoms with Crippen molar-refractivity contribution in [1.29, 1.82) is 0 Å². The van der Waals surface area contributed by atoms with Crippen molar-refractivity contribution in [2.45, 2.75) is 12.8 Å². The van der Waals surface area contributed by atoms with Crippen molar-refractivity contribution < 1.29 is 4.74 Å². The van der Waals surface area contributed by atoms with Crippen molar-refractivity contribution in [3.63, 3.8) is 0 Å². The summed E-state index contributed by atoms with van der Waals surface area (Å²) in [6, 6.07) is 7.35. The van der Waals surface area contributed by atoms with Gasteiger partial charge in [0, 0.05) is 18.6 Å². The average Bonchev–Trinajstić information content (AvgIpc) is 2.76. The van der Waals surface area contributed by atoms with Crippen LogP contribution in [0.4, 0.5) is 0 Å². The summed E-state index contributed by atoms with van der Waals surface area (Å²) in [4.78, 5) is 4.36. The number of pyridine rings is 1. The molecule has 1 aromatic carbocycles. The number of nitrogens with zero attached hydrogens (tertiary/aromatic N) is 3. The molecule has 0 aliphatic carbocycles. The van der Waals surface area contributed by atoms with Gasteiger partial charge in [0.05, 0.1) is 22.2 Å². The molecule has 2 heterocycles.